The molecule has 0 saturated heterocycles. The molecule has 0 fully saturated rings. The zero-order chi connectivity index (χ0) is 20.9. The predicted octanol–water partition coefficient (Wildman–Crippen LogP) is 4.74. The number of carbonyl (C=O) groups excluding carboxylic acids is 1. The molecule has 1 heterocycles. The van der Waals surface area contributed by atoms with E-state index in [2.05, 4.69) is 20.8 Å². The number of carbonyl (C=O) groups is 1. The number of aromatic amines is 1. The Labute approximate surface area is 170 Å². The van der Waals surface area contributed by atoms with E-state index < -0.39 is 6.03 Å². The highest BCUT2D eigenvalue weighted by molar-refractivity contribution is 5.99. The van der Waals surface area contributed by atoms with Crippen LogP contribution >= 0.6 is 0 Å². The van der Waals surface area contributed by atoms with Crippen molar-refractivity contribution in [2.75, 3.05) is 5.32 Å². The topological polar surface area (TPSA) is 79.0 Å². The van der Waals surface area contributed by atoms with Crippen LogP contribution in [0.15, 0.2) is 66.7 Å². The van der Waals surface area contributed by atoms with Gasteiger partial charge < -0.3 is 10.1 Å². The number of amides is 2. The molecule has 0 aliphatic heterocycles. The van der Waals surface area contributed by atoms with E-state index in [-0.39, 0.29) is 24.8 Å². The normalized spacial score (nSPS) is 10.7. The molecule has 2 amide bonds. The van der Waals surface area contributed by atoms with Gasteiger partial charge in [0.25, 0.3) is 0 Å². The second-order valence-corrected chi connectivity index (χ2v) is 6.59. The van der Waals surface area contributed by atoms with Crippen molar-refractivity contribution in [1.29, 1.82) is 0 Å². The van der Waals surface area contributed by atoms with Crippen molar-refractivity contribution >= 4 is 22.8 Å². The number of hydrogen-bond acceptors (Lipinski definition) is 3. The molecule has 152 valence electrons. The Bertz CT molecular complexity index is 1180. The third-order valence-electron chi connectivity index (χ3n) is 4.48. The fourth-order valence-corrected chi connectivity index (χ4v) is 2.89. The molecule has 8 heteroatoms. The molecule has 0 aliphatic rings. The lowest BCUT2D eigenvalue weighted by Gasteiger charge is -2.08. The van der Waals surface area contributed by atoms with Gasteiger partial charge in [-0.1, -0.05) is 30.3 Å². The van der Waals surface area contributed by atoms with Crippen LogP contribution in [0.2, 0.25) is 0 Å². The monoisotopic (exact) mass is 408 g/mol. The summed E-state index contributed by atoms with van der Waals surface area (Å²) >= 11 is 0. The van der Waals surface area contributed by atoms with Crippen LogP contribution in [-0.4, -0.2) is 16.2 Å². The highest BCUT2D eigenvalue weighted by Gasteiger charge is 2.11. The van der Waals surface area contributed by atoms with Gasteiger partial charge in [-0.25, -0.2) is 13.6 Å². The lowest BCUT2D eigenvalue weighted by atomic mass is 10.2. The van der Waals surface area contributed by atoms with E-state index >= 15 is 0 Å². The SMILES string of the molecule is O=C(NCc1ccc(F)cc1)Nc1n[nH]c2ccc(OCc3ccccc3F)cc12. The number of benzene rings is 3. The van der Waals surface area contributed by atoms with Crippen LogP contribution in [0.4, 0.5) is 19.4 Å². The van der Waals surface area contributed by atoms with E-state index in [1.165, 1.54) is 18.2 Å². The summed E-state index contributed by atoms with van der Waals surface area (Å²) in [5.41, 5.74) is 1.92. The summed E-state index contributed by atoms with van der Waals surface area (Å²) in [7, 11) is 0. The Morgan fingerprint density at radius 3 is 2.63 bits per heavy atom. The minimum absolute atomic E-state index is 0.0803. The standard InChI is InChI=1S/C22H18F2N4O2/c23-16-7-5-14(6-8-16)12-25-22(29)26-21-18-11-17(9-10-20(18)27-28-21)30-13-15-3-1-2-4-19(15)24/h1-11H,12-13H2,(H3,25,26,27,28,29). The van der Waals surface area contributed by atoms with Crippen LogP contribution in [0.5, 0.6) is 5.75 Å². The van der Waals surface area contributed by atoms with Crippen molar-refractivity contribution in [1.82, 2.24) is 15.5 Å². The van der Waals surface area contributed by atoms with E-state index in [1.807, 2.05) is 0 Å². The Morgan fingerprint density at radius 2 is 1.83 bits per heavy atom. The number of urea groups is 1. The zero-order valence-corrected chi connectivity index (χ0v) is 15.8. The average molecular weight is 408 g/mol. The number of H-pyrrole nitrogens is 1. The minimum Gasteiger partial charge on any atom is -0.489 e. The Morgan fingerprint density at radius 1 is 1.03 bits per heavy atom. The van der Waals surface area contributed by atoms with Crippen LogP contribution in [0.1, 0.15) is 11.1 Å². The number of halogens is 2. The van der Waals surface area contributed by atoms with Gasteiger partial charge in [0.15, 0.2) is 5.82 Å². The van der Waals surface area contributed by atoms with E-state index in [1.54, 1.807) is 48.5 Å². The fourth-order valence-electron chi connectivity index (χ4n) is 2.89. The van der Waals surface area contributed by atoms with E-state index in [0.29, 0.717) is 28.0 Å². The number of nitrogens with zero attached hydrogens (tertiary/aromatic N) is 1. The molecule has 0 aliphatic carbocycles. The lowest BCUT2D eigenvalue weighted by Crippen LogP contribution is -2.28. The molecule has 3 N–H and O–H groups in total. The molecule has 0 spiro atoms. The minimum atomic E-state index is -0.453. The van der Waals surface area contributed by atoms with Crippen molar-refractivity contribution < 1.29 is 18.3 Å². The van der Waals surface area contributed by atoms with Gasteiger partial charge in [0.2, 0.25) is 0 Å². The molecule has 3 aromatic carbocycles. The lowest BCUT2D eigenvalue weighted by molar-refractivity contribution is 0.251. The zero-order valence-electron chi connectivity index (χ0n) is 15.8. The third kappa shape index (κ3) is 4.54. The molecule has 0 bridgehead atoms. The summed E-state index contributed by atoms with van der Waals surface area (Å²) in [6.07, 6.45) is 0. The Hall–Kier alpha value is -3.94. The number of fused-ring (bicyclic) bond motifs is 1. The maximum absolute atomic E-state index is 13.8. The summed E-state index contributed by atoms with van der Waals surface area (Å²) in [6.45, 7) is 0.322. The number of nitrogens with one attached hydrogen (secondary N) is 3. The summed E-state index contributed by atoms with van der Waals surface area (Å²) in [5.74, 6) is 0.182. The number of ether oxygens (including phenoxy) is 1. The molecule has 0 saturated carbocycles. The van der Waals surface area contributed by atoms with Crippen molar-refractivity contribution in [2.24, 2.45) is 0 Å². The molecule has 6 nitrogen and oxygen atoms in total. The maximum Gasteiger partial charge on any atom is 0.320 e. The smallest absolute Gasteiger partial charge is 0.320 e. The van der Waals surface area contributed by atoms with Gasteiger partial charge in [0.1, 0.15) is 24.0 Å². The largest absolute Gasteiger partial charge is 0.489 e. The summed E-state index contributed by atoms with van der Waals surface area (Å²) in [6, 6.07) is 17.0. The maximum atomic E-state index is 13.8. The third-order valence-corrected chi connectivity index (χ3v) is 4.48. The van der Waals surface area contributed by atoms with Crippen LogP contribution in [0.25, 0.3) is 10.9 Å². The summed E-state index contributed by atoms with van der Waals surface area (Å²) in [5, 5.41) is 13.0. The molecular formula is C22H18F2N4O2. The van der Waals surface area contributed by atoms with Gasteiger partial charge in [0, 0.05) is 17.5 Å². The van der Waals surface area contributed by atoms with E-state index in [4.69, 9.17) is 4.74 Å². The van der Waals surface area contributed by atoms with Crippen molar-refractivity contribution in [2.45, 2.75) is 13.2 Å². The van der Waals surface area contributed by atoms with Gasteiger partial charge in [-0.05, 0) is 42.0 Å². The van der Waals surface area contributed by atoms with Gasteiger partial charge in [-0.15, -0.1) is 0 Å². The predicted molar refractivity (Wildman–Crippen MR) is 109 cm³/mol. The van der Waals surface area contributed by atoms with E-state index in [9.17, 15) is 13.6 Å². The fraction of sp³-hybridized carbons (Fsp3) is 0.0909. The first-order valence-electron chi connectivity index (χ1n) is 9.22. The van der Waals surface area contributed by atoms with Crippen LogP contribution < -0.4 is 15.4 Å². The highest BCUT2D eigenvalue weighted by atomic mass is 19.1. The molecule has 0 radical (unpaired) electrons. The second-order valence-electron chi connectivity index (χ2n) is 6.59. The van der Waals surface area contributed by atoms with Gasteiger partial charge >= 0.3 is 6.03 Å². The second kappa shape index (κ2) is 8.60. The molecule has 1 aromatic heterocycles. The summed E-state index contributed by atoms with van der Waals surface area (Å²) < 4.78 is 32.4. The quantitative estimate of drug-likeness (QED) is 0.431. The molecular weight excluding hydrogens is 390 g/mol. The first kappa shape index (κ1) is 19.4. The Balaban J connectivity index is 1.41. The number of hydrogen-bond donors (Lipinski definition) is 3. The van der Waals surface area contributed by atoms with Gasteiger partial charge in [0.05, 0.1) is 5.52 Å². The summed E-state index contributed by atoms with van der Waals surface area (Å²) in [4.78, 5) is 12.2. The first-order chi connectivity index (χ1) is 14.6. The number of rotatable bonds is 6. The van der Waals surface area contributed by atoms with Crippen LogP contribution in [0, 0.1) is 11.6 Å². The average Bonchev–Trinajstić information content (AvgIpc) is 3.15. The van der Waals surface area contributed by atoms with Crippen molar-refractivity contribution in [3.8, 4) is 5.75 Å². The molecule has 30 heavy (non-hydrogen) atoms. The molecule has 4 aromatic rings. The van der Waals surface area contributed by atoms with Crippen molar-refractivity contribution in [3.05, 3.63) is 89.5 Å². The van der Waals surface area contributed by atoms with E-state index in [0.717, 1.165) is 5.56 Å². The molecule has 4 rings (SSSR count). The number of aromatic nitrogens is 2. The highest BCUT2D eigenvalue weighted by Crippen LogP contribution is 2.26. The number of anilines is 1. The molecule has 0 unspecified atom stereocenters. The first-order valence-corrected chi connectivity index (χ1v) is 9.22. The van der Waals surface area contributed by atoms with Crippen molar-refractivity contribution in [3.63, 3.8) is 0 Å². The van der Waals surface area contributed by atoms with Crippen LogP contribution in [0.3, 0.4) is 0 Å². The molecule has 0 atom stereocenters. The van der Waals surface area contributed by atoms with Gasteiger partial charge in [-0.3, -0.25) is 10.4 Å². The van der Waals surface area contributed by atoms with Crippen LogP contribution in [-0.2, 0) is 13.2 Å². The van der Waals surface area contributed by atoms with Gasteiger partial charge in [-0.2, -0.15) is 5.10 Å². The Kier molecular flexibility index (Phi) is 5.56.